The molecule has 0 fully saturated rings. The lowest BCUT2D eigenvalue weighted by atomic mass is 10.1. The Morgan fingerprint density at radius 3 is 2.08 bits per heavy atom. The summed E-state index contributed by atoms with van der Waals surface area (Å²) in [6.07, 6.45) is -0.483. The first-order valence-corrected chi connectivity index (χ1v) is 13.5. The Bertz CT molecular complexity index is 891. The first-order valence-electron chi connectivity index (χ1n) is 13.5. The molecule has 226 valence electrons. The molecule has 0 aliphatic carbocycles. The van der Waals surface area contributed by atoms with Gasteiger partial charge in [0.05, 0.1) is 71.6 Å². The van der Waals surface area contributed by atoms with Gasteiger partial charge in [-0.3, -0.25) is 4.79 Å². The molecule has 0 aliphatic heterocycles. The summed E-state index contributed by atoms with van der Waals surface area (Å²) in [7, 11) is 0. The van der Waals surface area contributed by atoms with E-state index in [0.717, 1.165) is 11.1 Å². The van der Waals surface area contributed by atoms with Crippen molar-refractivity contribution < 1.29 is 43.1 Å². The maximum atomic E-state index is 12.2. The van der Waals surface area contributed by atoms with E-state index in [1.54, 1.807) is 20.8 Å². The third kappa shape index (κ3) is 19.4. The Morgan fingerprint density at radius 2 is 1.52 bits per heavy atom. The highest BCUT2D eigenvalue weighted by molar-refractivity contribution is 5.74. The lowest BCUT2D eigenvalue weighted by Crippen LogP contribution is -2.45. The highest BCUT2D eigenvalue weighted by Gasteiger charge is 2.24. The lowest BCUT2D eigenvalue weighted by molar-refractivity contribution is -0.118. The summed E-state index contributed by atoms with van der Waals surface area (Å²) >= 11 is 0. The number of hydrogen-bond acceptors (Lipinski definition) is 9. The Kier molecular flexibility index (Phi) is 18.6. The van der Waals surface area contributed by atoms with Crippen LogP contribution in [-0.4, -0.2) is 94.3 Å². The van der Waals surface area contributed by atoms with Crippen LogP contribution < -0.4 is 11.1 Å². The van der Waals surface area contributed by atoms with Crippen molar-refractivity contribution in [3.8, 4) is 11.8 Å². The number of amides is 2. The standard InChI is InChI=1S/C29H46N2O9/c1-23(26(11-12-27(30)33)31-28(34)40-29(2,3)4)39-22-25-9-7-24(8-10-25)6-5-14-35-16-18-37-20-21-38-19-17-36-15-13-32/h7-10,23,26,32H,11-22H2,1-4H3,(H2,30,33)(H,31,34)/t23-,26+/m1/s1. The fraction of sp³-hybridized carbons (Fsp3) is 0.655. The summed E-state index contributed by atoms with van der Waals surface area (Å²) in [6.45, 7) is 10.9. The molecule has 0 aromatic heterocycles. The number of ether oxygens (including phenoxy) is 6. The minimum atomic E-state index is -0.637. The molecule has 1 aromatic rings. The first-order chi connectivity index (χ1) is 19.1. The topological polar surface area (TPSA) is 148 Å². The van der Waals surface area contributed by atoms with Gasteiger partial charge in [0.2, 0.25) is 5.91 Å². The number of aliphatic hydroxyl groups excluding tert-OH is 1. The van der Waals surface area contributed by atoms with Crippen LogP contribution in [0.15, 0.2) is 24.3 Å². The number of carbonyl (C=O) groups is 2. The van der Waals surface area contributed by atoms with Crippen LogP contribution in [0.3, 0.4) is 0 Å². The predicted molar refractivity (Wildman–Crippen MR) is 150 cm³/mol. The van der Waals surface area contributed by atoms with E-state index in [4.69, 9.17) is 39.3 Å². The summed E-state index contributed by atoms with van der Waals surface area (Å²) in [4.78, 5) is 23.5. The van der Waals surface area contributed by atoms with Crippen LogP contribution >= 0.6 is 0 Å². The van der Waals surface area contributed by atoms with Gasteiger partial charge in [0.15, 0.2) is 0 Å². The number of benzene rings is 1. The molecular formula is C29H46N2O9. The fourth-order valence-electron chi connectivity index (χ4n) is 3.19. The number of hydrogen-bond donors (Lipinski definition) is 3. The molecule has 0 spiro atoms. The Hall–Kier alpha value is -2.72. The van der Waals surface area contributed by atoms with E-state index < -0.39 is 23.6 Å². The number of nitrogens with two attached hydrogens (primary N) is 1. The molecule has 0 saturated heterocycles. The smallest absolute Gasteiger partial charge is 0.407 e. The average molecular weight is 567 g/mol. The van der Waals surface area contributed by atoms with E-state index in [-0.39, 0.29) is 19.1 Å². The minimum absolute atomic E-state index is 0.0107. The number of primary amides is 1. The normalized spacial score (nSPS) is 12.7. The van der Waals surface area contributed by atoms with E-state index in [2.05, 4.69) is 17.2 Å². The molecule has 11 nitrogen and oxygen atoms in total. The molecule has 0 bridgehead atoms. The number of alkyl carbamates (subject to hydrolysis) is 1. The molecule has 0 radical (unpaired) electrons. The van der Waals surface area contributed by atoms with Crippen molar-refractivity contribution >= 4 is 12.0 Å². The molecule has 40 heavy (non-hydrogen) atoms. The van der Waals surface area contributed by atoms with Gasteiger partial charge in [0, 0.05) is 12.0 Å². The van der Waals surface area contributed by atoms with Crippen molar-refractivity contribution in [2.24, 2.45) is 5.73 Å². The molecular weight excluding hydrogens is 520 g/mol. The lowest BCUT2D eigenvalue weighted by Gasteiger charge is -2.27. The molecule has 0 aliphatic rings. The van der Waals surface area contributed by atoms with E-state index in [1.165, 1.54) is 0 Å². The summed E-state index contributed by atoms with van der Waals surface area (Å²) in [5.74, 6) is 5.58. The maximum Gasteiger partial charge on any atom is 0.407 e. The van der Waals surface area contributed by atoms with Crippen LogP contribution in [0, 0.1) is 11.8 Å². The summed E-state index contributed by atoms with van der Waals surface area (Å²) in [5.41, 5.74) is 6.45. The summed E-state index contributed by atoms with van der Waals surface area (Å²) < 4.78 is 32.6. The summed E-state index contributed by atoms with van der Waals surface area (Å²) in [6, 6.07) is 7.21. The second-order valence-corrected chi connectivity index (χ2v) is 9.89. The minimum Gasteiger partial charge on any atom is -0.444 e. The van der Waals surface area contributed by atoms with Crippen molar-refractivity contribution in [1.82, 2.24) is 5.32 Å². The van der Waals surface area contributed by atoms with E-state index >= 15 is 0 Å². The Balaban J connectivity index is 2.31. The molecule has 2 amide bonds. The van der Waals surface area contributed by atoms with E-state index in [9.17, 15) is 9.59 Å². The first kappa shape index (κ1) is 35.3. The van der Waals surface area contributed by atoms with Gasteiger partial charge < -0.3 is 44.6 Å². The third-order valence-electron chi connectivity index (χ3n) is 5.20. The molecule has 1 aromatic carbocycles. The maximum absolute atomic E-state index is 12.2. The quantitative estimate of drug-likeness (QED) is 0.160. The highest BCUT2D eigenvalue weighted by Crippen LogP contribution is 2.13. The van der Waals surface area contributed by atoms with Gasteiger partial charge in [0.25, 0.3) is 0 Å². The molecule has 0 saturated carbocycles. The van der Waals surface area contributed by atoms with Crippen molar-refractivity contribution in [3.05, 3.63) is 35.4 Å². The largest absolute Gasteiger partial charge is 0.444 e. The van der Waals surface area contributed by atoms with Crippen LogP contribution in [0.2, 0.25) is 0 Å². The zero-order chi connectivity index (χ0) is 29.6. The molecule has 4 N–H and O–H groups in total. The van der Waals surface area contributed by atoms with Crippen LogP contribution in [0.1, 0.15) is 51.7 Å². The zero-order valence-electron chi connectivity index (χ0n) is 24.2. The van der Waals surface area contributed by atoms with E-state index in [1.807, 2.05) is 31.2 Å². The molecule has 0 heterocycles. The monoisotopic (exact) mass is 566 g/mol. The number of rotatable bonds is 20. The molecule has 2 atom stereocenters. The van der Waals surface area contributed by atoms with Crippen molar-refractivity contribution in [3.63, 3.8) is 0 Å². The van der Waals surface area contributed by atoms with Gasteiger partial charge in [-0.1, -0.05) is 24.0 Å². The van der Waals surface area contributed by atoms with Gasteiger partial charge in [-0.2, -0.15) is 0 Å². The van der Waals surface area contributed by atoms with Crippen LogP contribution in [0.25, 0.3) is 0 Å². The highest BCUT2D eigenvalue weighted by atomic mass is 16.6. The SMILES string of the molecule is C[C@@H](OCc1ccc(C#CCOCCOCCOCCOCCO)cc1)[C@H](CCC(N)=O)NC(=O)OC(C)(C)C. The van der Waals surface area contributed by atoms with Crippen LogP contribution in [0.5, 0.6) is 0 Å². The van der Waals surface area contributed by atoms with Crippen LogP contribution in [-0.2, 0) is 39.8 Å². The van der Waals surface area contributed by atoms with E-state index in [0.29, 0.717) is 65.9 Å². The number of nitrogens with one attached hydrogen (secondary N) is 1. The van der Waals surface area contributed by atoms with Crippen LogP contribution in [0.4, 0.5) is 4.79 Å². The predicted octanol–water partition coefficient (Wildman–Crippen LogP) is 2.16. The third-order valence-corrected chi connectivity index (χ3v) is 5.20. The van der Waals surface area contributed by atoms with Gasteiger partial charge in [-0.15, -0.1) is 0 Å². The van der Waals surface area contributed by atoms with Crippen molar-refractivity contribution in [2.75, 3.05) is 59.5 Å². The molecule has 0 unspecified atom stereocenters. The van der Waals surface area contributed by atoms with Gasteiger partial charge in [0.1, 0.15) is 12.2 Å². The zero-order valence-corrected chi connectivity index (χ0v) is 24.2. The fourth-order valence-corrected chi connectivity index (χ4v) is 3.19. The Morgan fingerprint density at radius 1 is 0.950 bits per heavy atom. The molecule has 11 heteroatoms. The van der Waals surface area contributed by atoms with Crippen molar-refractivity contribution in [2.45, 2.75) is 64.9 Å². The number of carbonyl (C=O) groups excluding carboxylic acids is 2. The second kappa shape index (κ2) is 21.1. The van der Waals surface area contributed by atoms with Crippen molar-refractivity contribution in [1.29, 1.82) is 0 Å². The second-order valence-electron chi connectivity index (χ2n) is 9.89. The number of aliphatic hydroxyl groups is 1. The van der Waals surface area contributed by atoms with Gasteiger partial charge >= 0.3 is 6.09 Å². The average Bonchev–Trinajstić information content (AvgIpc) is 2.89. The Labute approximate surface area is 238 Å². The van der Waals surface area contributed by atoms with Gasteiger partial charge in [-0.25, -0.2) is 4.79 Å². The molecule has 1 rings (SSSR count). The summed E-state index contributed by atoms with van der Waals surface area (Å²) in [5, 5.41) is 11.4. The van der Waals surface area contributed by atoms with Gasteiger partial charge in [-0.05, 0) is 51.8 Å².